The van der Waals surface area contributed by atoms with Gasteiger partial charge in [0.15, 0.2) is 0 Å². The number of hydrogen-bond acceptors (Lipinski definition) is 3. The van der Waals surface area contributed by atoms with E-state index >= 15 is 0 Å². The molecular weight excluding hydrogens is 240 g/mol. The van der Waals surface area contributed by atoms with Gasteiger partial charge in [-0.15, -0.1) is 0 Å². The number of nitrogens with one attached hydrogen (secondary N) is 1. The molecule has 1 aromatic heterocycles. The highest BCUT2D eigenvalue weighted by Gasteiger charge is 2.14. The Labute approximate surface area is 106 Å². The number of hydrogen-bond donors (Lipinski definition) is 2. The molecule has 1 heterocycles. The van der Waals surface area contributed by atoms with E-state index in [2.05, 4.69) is 24.1 Å². The van der Waals surface area contributed by atoms with Crippen LogP contribution in [-0.2, 0) is 0 Å². The maximum atomic E-state index is 10.9. The first kappa shape index (κ1) is 13.8. The molecule has 0 aromatic carbocycles. The van der Waals surface area contributed by atoms with Gasteiger partial charge in [-0.3, -0.25) is 0 Å². The third kappa shape index (κ3) is 3.89. The molecule has 1 rings (SSSR count). The molecule has 0 radical (unpaired) electrons. The minimum atomic E-state index is -1.04. The molecule has 4 nitrogen and oxygen atoms in total. The van der Waals surface area contributed by atoms with Crippen LogP contribution in [0.1, 0.15) is 37.6 Å². The number of pyridine rings is 1. The molecule has 1 aromatic rings. The largest absolute Gasteiger partial charge is 0.478 e. The lowest BCUT2D eigenvalue weighted by Gasteiger charge is -2.17. The fourth-order valence-electron chi connectivity index (χ4n) is 1.71. The predicted octanol–water partition coefficient (Wildman–Crippen LogP) is 3.28. The average Bonchev–Trinajstić information content (AvgIpc) is 2.19. The quantitative estimate of drug-likeness (QED) is 0.849. The summed E-state index contributed by atoms with van der Waals surface area (Å²) < 4.78 is 0. The van der Waals surface area contributed by atoms with Gasteiger partial charge in [-0.2, -0.15) is 0 Å². The van der Waals surface area contributed by atoms with Crippen molar-refractivity contribution in [2.24, 2.45) is 5.92 Å². The molecular formula is C12H17ClN2O2. The Kier molecular flexibility index (Phi) is 4.75. The first-order chi connectivity index (χ1) is 7.91. The molecule has 17 heavy (non-hydrogen) atoms. The summed E-state index contributed by atoms with van der Waals surface area (Å²) in [5.41, 5.74) is 0.0703. The molecule has 0 spiro atoms. The Morgan fingerprint density at radius 1 is 1.53 bits per heavy atom. The highest BCUT2D eigenvalue weighted by Crippen LogP contribution is 2.24. The van der Waals surface area contributed by atoms with E-state index in [9.17, 15) is 4.79 Å². The second-order valence-electron chi connectivity index (χ2n) is 4.50. The van der Waals surface area contributed by atoms with Crippen LogP contribution in [-0.4, -0.2) is 22.1 Å². The SMILES string of the molecule is CC(C)CC(C)Nc1nccc(C(=O)O)c1Cl. The van der Waals surface area contributed by atoms with E-state index in [1.54, 1.807) is 0 Å². The summed E-state index contributed by atoms with van der Waals surface area (Å²) in [5, 5.41) is 12.2. The maximum absolute atomic E-state index is 10.9. The Morgan fingerprint density at radius 2 is 2.18 bits per heavy atom. The number of carboxylic acid groups (broad SMARTS) is 1. The molecule has 0 aliphatic heterocycles. The zero-order chi connectivity index (χ0) is 13.0. The van der Waals surface area contributed by atoms with Gasteiger partial charge >= 0.3 is 5.97 Å². The molecule has 0 saturated carbocycles. The Balaban J connectivity index is 2.85. The van der Waals surface area contributed by atoms with Crippen molar-refractivity contribution in [3.05, 3.63) is 22.8 Å². The van der Waals surface area contributed by atoms with Crippen molar-refractivity contribution >= 4 is 23.4 Å². The molecule has 0 aliphatic carbocycles. The molecule has 0 amide bonds. The van der Waals surface area contributed by atoms with Crippen LogP contribution in [0.25, 0.3) is 0 Å². The molecule has 1 unspecified atom stereocenters. The van der Waals surface area contributed by atoms with E-state index in [-0.39, 0.29) is 16.6 Å². The minimum absolute atomic E-state index is 0.0703. The summed E-state index contributed by atoms with van der Waals surface area (Å²) in [6.45, 7) is 6.27. The van der Waals surface area contributed by atoms with Gasteiger partial charge < -0.3 is 10.4 Å². The molecule has 1 atom stereocenters. The van der Waals surface area contributed by atoms with Crippen molar-refractivity contribution in [2.75, 3.05) is 5.32 Å². The lowest BCUT2D eigenvalue weighted by Crippen LogP contribution is -2.19. The van der Waals surface area contributed by atoms with Crippen LogP contribution in [0.3, 0.4) is 0 Å². The van der Waals surface area contributed by atoms with Crippen LogP contribution >= 0.6 is 11.6 Å². The molecule has 0 saturated heterocycles. The van der Waals surface area contributed by atoms with Crippen LogP contribution in [0.2, 0.25) is 5.02 Å². The fourth-order valence-corrected chi connectivity index (χ4v) is 1.96. The van der Waals surface area contributed by atoms with E-state index in [0.717, 1.165) is 6.42 Å². The minimum Gasteiger partial charge on any atom is -0.478 e. The first-order valence-corrected chi connectivity index (χ1v) is 5.94. The Morgan fingerprint density at radius 3 is 2.71 bits per heavy atom. The van der Waals surface area contributed by atoms with Crippen molar-refractivity contribution in [1.82, 2.24) is 4.98 Å². The van der Waals surface area contributed by atoms with Crippen molar-refractivity contribution in [3.8, 4) is 0 Å². The van der Waals surface area contributed by atoms with Crippen LogP contribution in [0.4, 0.5) is 5.82 Å². The van der Waals surface area contributed by atoms with Crippen molar-refractivity contribution < 1.29 is 9.90 Å². The average molecular weight is 257 g/mol. The zero-order valence-corrected chi connectivity index (χ0v) is 11.0. The van der Waals surface area contributed by atoms with Crippen LogP contribution < -0.4 is 5.32 Å². The standard InChI is InChI=1S/C12H17ClN2O2/c1-7(2)6-8(3)15-11-10(13)9(12(16)17)4-5-14-11/h4-5,7-8H,6H2,1-3H3,(H,14,15)(H,16,17). The number of nitrogens with zero attached hydrogens (tertiary/aromatic N) is 1. The van der Waals surface area contributed by atoms with Crippen LogP contribution in [0, 0.1) is 5.92 Å². The number of halogens is 1. The van der Waals surface area contributed by atoms with E-state index in [4.69, 9.17) is 16.7 Å². The summed E-state index contributed by atoms with van der Waals surface area (Å²) in [5.74, 6) is -0.0596. The number of rotatable bonds is 5. The fraction of sp³-hybridized carbons (Fsp3) is 0.500. The Bertz CT molecular complexity index is 407. The van der Waals surface area contributed by atoms with Gasteiger partial charge in [-0.25, -0.2) is 9.78 Å². The van der Waals surface area contributed by atoms with E-state index in [1.165, 1.54) is 12.3 Å². The second-order valence-corrected chi connectivity index (χ2v) is 4.88. The lowest BCUT2D eigenvalue weighted by molar-refractivity contribution is 0.0697. The van der Waals surface area contributed by atoms with Crippen molar-refractivity contribution in [1.29, 1.82) is 0 Å². The van der Waals surface area contributed by atoms with Crippen molar-refractivity contribution in [2.45, 2.75) is 33.2 Å². The Hall–Kier alpha value is -1.29. The van der Waals surface area contributed by atoms with Gasteiger partial charge in [0.1, 0.15) is 5.82 Å². The van der Waals surface area contributed by atoms with Gasteiger partial charge in [0, 0.05) is 12.2 Å². The third-order valence-corrected chi connectivity index (χ3v) is 2.71. The highest BCUT2D eigenvalue weighted by molar-refractivity contribution is 6.35. The highest BCUT2D eigenvalue weighted by atomic mass is 35.5. The summed E-state index contributed by atoms with van der Waals surface area (Å²) >= 11 is 5.98. The molecule has 0 aliphatic rings. The van der Waals surface area contributed by atoms with Gasteiger partial charge in [0.25, 0.3) is 0 Å². The summed E-state index contributed by atoms with van der Waals surface area (Å²) in [6, 6.07) is 1.59. The molecule has 2 N–H and O–H groups in total. The summed E-state index contributed by atoms with van der Waals surface area (Å²) in [4.78, 5) is 15.0. The lowest BCUT2D eigenvalue weighted by atomic mass is 10.1. The topological polar surface area (TPSA) is 62.2 Å². The van der Waals surface area contributed by atoms with Crippen LogP contribution in [0.5, 0.6) is 0 Å². The third-order valence-electron chi connectivity index (χ3n) is 2.33. The molecule has 94 valence electrons. The van der Waals surface area contributed by atoms with Gasteiger partial charge in [0.2, 0.25) is 0 Å². The van der Waals surface area contributed by atoms with Gasteiger partial charge in [0.05, 0.1) is 10.6 Å². The van der Waals surface area contributed by atoms with Gasteiger partial charge in [-0.1, -0.05) is 25.4 Å². The summed E-state index contributed by atoms with van der Waals surface area (Å²) in [7, 11) is 0. The number of anilines is 1. The molecule has 5 heteroatoms. The van der Waals surface area contributed by atoms with Crippen LogP contribution in [0.15, 0.2) is 12.3 Å². The normalized spacial score (nSPS) is 12.5. The van der Waals surface area contributed by atoms with E-state index < -0.39 is 5.97 Å². The van der Waals surface area contributed by atoms with E-state index in [0.29, 0.717) is 11.7 Å². The van der Waals surface area contributed by atoms with Crippen molar-refractivity contribution in [3.63, 3.8) is 0 Å². The number of carbonyl (C=O) groups is 1. The molecule has 0 bridgehead atoms. The second kappa shape index (κ2) is 5.87. The zero-order valence-electron chi connectivity index (χ0n) is 10.2. The first-order valence-electron chi connectivity index (χ1n) is 5.56. The monoisotopic (exact) mass is 256 g/mol. The smallest absolute Gasteiger partial charge is 0.337 e. The summed E-state index contributed by atoms with van der Waals surface area (Å²) in [6.07, 6.45) is 2.41. The van der Waals surface area contributed by atoms with Gasteiger partial charge in [-0.05, 0) is 25.3 Å². The van der Waals surface area contributed by atoms with E-state index in [1.807, 2.05) is 6.92 Å². The predicted molar refractivity (Wildman–Crippen MR) is 68.7 cm³/mol. The maximum Gasteiger partial charge on any atom is 0.337 e. The number of aromatic carboxylic acids is 1. The molecule has 0 fully saturated rings. The number of carboxylic acids is 1. The number of aromatic nitrogens is 1.